The highest BCUT2D eigenvalue weighted by atomic mass is 32.2. The van der Waals surface area contributed by atoms with E-state index in [4.69, 9.17) is 0 Å². The molecule has 0 saturated heterocycles. The van der Waals surface area contributed by atoms with E-state index in [0.29, 0.717) is 0 Å². The highest BCUT2D eigenvalue weighted by Gasteiger charge is 2.25. The summed E-state index contributed by atoms with van der Waals surface area (Å²) in [6.07, 6.45) is 1.13. The molecule has 132 valence electrons. The van der Waals surface area contributed by atoms with E-state index < -0.39 is 20.0 Å². The fraction of sp³-hybridized carbons (Fsp3) is 0.333. The zero-order valence-corrected chi connectivity index (χ0v) is 15.9. The number of nitrogens with one attached hydrogen (secondary N) is 1. The van der Waals surface area contributed by atoms with Gasteiger partial charge in [-0.05, 0) is 23.9 Å². The SMILES string of the molecule is CC(c1ccccc1)N(CCNS(=O)(=O)c1cccs1)S(C)(=O)=O. The predicted molar refractivity (Wildman–Crippen MR) is 95.9 cm³/mol. The van der Waals surface area contributed by atoms with E-state index in [1.54, 1.807) is 18.4 Å². The lowest BCUT2D eigenvalue weighted by Gasteiger charge is -2.27. The molecule has 9 heteroatoms. The average molecular weight is 389 g/mol. The average Bonchev–Trinajstić information content (AvgIpc) is 3.06. The summed E-state index contributed by atoms with van der Waals surface area (Å²) < 4.78 is 52.3. The number of benzene rings is 1. The summed E-state index contributed by atoms with van der Waals surface area (Å²) in [4.78, 5) is 0. The van der Waals surface area contributed by atoms with Gasteiger partial charge in [0.2, 0.25) is 20.0 Å². The molecule has 1 aromatic heterocycles. The number of thiophene rings is 1. The normalized spacial score (nSPS) is 14.0. The van der Waals surface area contributed by atoms with Gasteiger partial charge in [0, 0.05) is 19.1 Å². The molecule has 0 radical (unpaired) electrons. The van der Waals surface area contributed by atoms with Crippen molar-refractivity contribution in [3.8, 4) is 0 Å². The lowest BCUT2D eigenvalue weighted by Crippen LogP contribution is -2.39. The van der Waals surface area contributed by atoms with Gasteiger partial charge in [0.1, 0.15) is 4.21 Å². The van der Waals surface area contributed by atoms with Crippen LogP contribution >= 0.6 is 11.3 Å². The van der Waals surface area contributed by atoms with Gasteiger partial charge in [-0.2, -0.15) is 4.31 Å². The highest BCUT2D eigenvalue weighted by Crippen LogP contribution is 2.22. The molecule has 6 nitrogen and oxygen atoms in total. The number of sulfonamides is 2. The molecule has 2 rings (SSSR count). The first-order valence-corrected chi connectivity index (χ1v) is 11.5. The Hall–Kier alpha value is -1.26. The zero-order chi connectivity index (χ0) is 17.8. The van der Waals surface area contributed by atoms with Crippen LogP contribution in [0.5, 0.6) is 0 Å². The molecule has 1 unspecified atom stereocenters. The molecule has 0 fully saturated rings. The maximum absolute atomic E-state index is 12.1. The van der Waals surface area contributed by atoms with Crippen LogP contribution in [0, 0.1) is 0 Å². The van der Waals surface area contributed by atoms with Crippen molar-refractivity contribution in [3.63, 3.8) is 0 Å². The third-order valence-corrected chi connectivity index (χ3v) is 7.73. The Morgan fingerprint density at radius 3 is 2.29 bits per heavy atom. The van der Waals surface area contributed by atoms with E-state index in [0.717, 1.165) is 23.2 Å². The molecule has 24 heavy (non-hydrogen) atoms. The van der Waals surface area contributed by atoms with Crippen LogP contribution in [-0.4, -0.2) is 40.5 Å². The van der Waals surface area contributed by atoms with Gasteiger partial charge >= 0.3 is 0 Å². The molecular weight excluding hydrogens is 368 g/mol. The summed E-state index contributed by atoms with van der Waals surface area (Å²) in [5, 5.41) is 1.68. The van der Waals surface area contributed by atoms with Crippen molar-refractivity contribution in [3.05, 3.63) is 53.4 Å². The van der Waals surface area contributed by atoms with Crippen LogP contribution in [0.2, 0.25) is 0 Å². The van der Waals surface area contributed by atoms with E-state index in [1.807, 2.05) is 30.3 Å². The van der Waals surface area contributed by atoms with Crippen molar-refractivity contribution in [2.45, 2.75) is 17.2 Å². The van der Waals surface area contributed by atoms with E-state index >= 15 is 0 Å². The van der Waals surface area contributed by atoms with Gasteiger partial charge in [-0.3, -0.25) is 0 Å². The fourth-order valence-corrected chi connectivity index (χ4v) is 5.50. The summed E-state index contributed by atoms with van der Waals surface area (Å²) in [5.41, 5.74) is 0.851. The Kier molecular flexibility index (Phi) is 6.16. The van der Waals surface area contributed by atoms with Crippen LogP contribution in [0.15, 0.2) is 52.1 Å². The number of hydrogen-bond donors (Lipinski definition) is 1. The second kappa shape index (κ2) is 7.75. The van der Waals surface area contributed by atoms with Crippen LogP contribution in [0.3, 0.4) is 0 Å². The quantitative estimate of drug-likeness (QED) is 0.750. The summed E-state index contributed by atoms with van der Waals surface area (Å²) in [6, 6.07) is 12.0. The van der Waals surface area contributed by atoms with Crippen LogP contribution in [-0.2, 0) is 20.0 Å². The van der Waals surface area contributed by atoms with Crippen molar-refractivity contribution in [2.24, 2.45) is 0 Å². The minimum atomic E-state index is -3.60. The van der Waals surface area contributed by atoms with Crippen molar-refractivity contribution < 1.29 is 16.8 Å². The maximum Gasteiger partial charge on any atom is 0.250 e. The van der Waals surface area contributed by atoms with Crippen molar-refractivity contribution in [1.82, 2.24) is 9.03 Å². The molecule has 0 aliphatic rings. The minimum Gasteiger partial charge on any atom is -0.212 e. The summed E-state index contributed by atoms with van der Waals surface area (Å²) in [5.74, 6) is 0. The minimum absolute atomic E-state index is 0.00444. The summed E-state index contributed by atoms with van der Waals surface area (Å²) >= 11 is 1.12. The Bertz CT molecular complexity index is 847. The lowest BCUT2D eigenvalue weighted by molar-refractivity contribution is 0.348. The van der Waals surface area contributed by atoms with Crippen LogP contribution in [0.1, 0.15) is 18.5 Å². The van der Waals surface area contributed by atoms with Gasteiger partial charge in [0.05, 0.1) is 6.26 Å². The molecule has 2 aromatic rings. The second-order valence-electron chi connectivity index (χ2n) is 5.29. The highest BCUT2D eigenvalue weighted by molar-refractivity contribution is 7.91. The molecule has 1 heterocycles. The van der Waals surface area contributed by atoms with Gasteiger partial charge < -0.3 is 0 Å². The molecular formula is C15H20N2O4S3. The molecule has 0 bridgehead atoms. The smallest absolute Gasteiger partial charge is 0.212 e. The molecule has 0 aliphatic heterocycles. The first-order chi connectivity index (χ1) is 11.2. The third kappa shape index (κ3) is 4.87. The lowest BCUT2D eigenvalue weighted by atomic mass is 10.1. The van der Waals surface area contributed by atoms with E-state index in [2.05, 4.69) is 4.72 Å². The van der Waals surface area contributed by atoms with Gasteiger partial charge in [-0.25, -0.2) is 21.6 Å². The Morgan fingerprint density at radius 1 is 1.08 bits per heavy atom. The maximum atomic E-state index is 12.1. The molecule has 1 aromatic carbocycles. The molecule has 0 amide bonds. The number of nitrogens with zero attached hydrogens (tertiary/aromatic N) is 1. The molecule has 1 N–H and O–H groups in total. The standard InChI is InChI=1S/C15H20N2O4S3/c1-13(14-7-4-3-5-8-14)17(23(2,18)19)11-10-16-24(20,21)15-9-6-12-22-15/h3-9,12-13,16H,10-11H2,1-2H3. The monoisotopic (exact) mass is 388 g/mol. The van der Waals surface area contributed by atoms with Crippen molar-refractivity contribution in [2.75, 3.05) is 19.3 Å². The van der Waals surface area contributed by atoms with E-state index in [-0.39, 0.29) is 23.3 Å². The van der Waals surface area contributed by atoms with E-state index in [1.165, 1.54) is 10.4 Å². The molecule has 0 aliphatic carbocycles. The van der Waals surface area contributed by atoms with Gasteiger partial charge in [-0.1, -0.05) is 36.4 Å². The van der Waals surface area contributed by atoms with Crippen LogP contribution in [0.25, 0.3) is 0 Å². The van der Waals surface area contributed by atoms with Crippen molar-refractivity contribution >= 4 is 31.4 Å². The Labute approximate surface area is 147 Å². The first kappa shape index (κ1) is 19.1. The third-order valence-electron chi connectivity index (χ3n) is 3.52. The second-order valence-corrected chi connectivity index (χ2v) is 10.2. The van der Waals surface area contributed by atoms with Crippen LogP contribution in [0.4, 0.5) is 0 Å². The molecule has 1 atom stereocenters. The van der Waals surface area contributed by atoms with Crippen molar-refractivity contribution in [1.29, 1.82) is 0 Å². The predicted octanol–water partition coefficient (Wildman–Crippen LogP) is 2.05. The first-order valence-electron chi connectivity index (χ1n) is 7.27. The largest absolute Gasteiger partial charge is 0.250 e. The molecule has 0 spiro atoms. The fourth-order valence-electron chi connectivity index (χ4n) is 2.32. The molecule has 0 saturated carbocycles. The number of rotatable bonds is 8. The number of hydrogen-bond acceptors (Lipinski definition) is 5. The Balaban J connectivity index is 2.08. The zero-order valence-electron chi connectivity index (χ0n) is 13.4. The van der Waals surface area contributed by atoms with Gasteiger partial charge in [0.15, 0.2) is 0 Å². The van der Waals surface area contributed by atoms with Crippen LogP contribution < -0.4 is 4.72 Å². The topological polar surface area (TPSA) is 83.6 Å². The van der Waals surface area contributed by atoms with Gasteiger partial charge in [-0.15, -0.1) is 11.3 Å². The summed E-state index contributed by atoms with van der Waals surface area (Å²) in [7, 11) is -7.08. The Morgan fingerprint density at radius 2 is 1.75 bits per heavy atom. The van der Waals surface area contributed by atoms with Gasteiger partial charge in [0.25, 0.3) is 0 Å². The van der Waals surface area contributed by atoms with E-state index in [9.17, 15) is 16.8 Å². The summed E-state index contributed by atoms with van der Waals surface area (Å²) in [6.45, 7) is 1.84.